The van der Waals surface area contributed by atoms with Gasteiger partial charge in [0.2, 0.25) is 0 Å². The number of ether oxygens (including phenoxy) is 1. The van der Waals surface area contributed by atoms with Crippen molar-refractivity contribution in [2.45, 2.75) is 64.0 Å². The molecule has 0 spiro atoms. The molecule has 0 aromatic heterocycles. The summed E-state index contributed by atoms with van der Waals surface area (Å²) in [5.41, 5.74) is 3.85. The molecule has 0 saturated heterocycles. The Hall–Kier alpha value is -2.16. The van der Waals surface area contributed by atoms with Gasteiger partial charge in [0.25, 0.3) is 0 Å². The van der Waals surface area contributed by atoms with Gasteiger partial charge in [-0.1, -0.05) is 56.0 Å². The van der Waals surface area contributed by atoms with E-state index in [9.17, 15) is 0 Å². The summed E-state index contributed by atoms with van der Waals surface area (Å²) in [6, 6.07) is 18.1. The molecule has 1 atom stereocenters. The van der Waals surface area contributed by atoms with Gasteiger partial charge in [-0.2, -0.15) is 0 Å². The van der Waals surface area contributed by atoms with Crippen LogP contribution in [0.1, 0.15) is 51.0 Å². The Morgan fingerprint density at radius 3 is 2.41 bits per heavy atom. The van der Waals surface area contributed by atoms with Crippen molar-refractivity contribution in [2.75, 3.05) is 24.4 Å². The number of hydrogen-bond donors (Lipinski definition) is 1. The van der Waals surface area contributed by atoms with E-state index in [-0.39, 0.29) is 0 Å². The SMILES string of the molecule is COc1ccccc1N(C)C(C)Cc1ccccc1NC1CCCCCC1. The quantitative estimate of drug-likeness (QED) is 0.618. The Morgan fingerprint density at radius 2 is 1.67 bits per heavy atom. The molecule has 1 aliphatic rings. The summed E-state index contributed by atoms with van der Waals surface area (Å²) in [6.07, 6.45) is 9.08. The molecule has 146 valence electrons. The minimum atomic E-state index is 0.374. The van der Waals surface area contributed by atoms with Crippen molar-refractivity contribution >= 4 is 11.4 Å². The molecule has 0 heterocycles. The second-order valence-electron chi connectivity index (χ2n) is 7.83. The van der Waals surface area contributed by atoms with Crippen molar-refractivity contribution in [2.24, 2.45) is 0 Å². The summed E-state index contributed by atoms with van der Waals surface area (Å²) in [7, 11) is 3.90. The highest BCUT2D eigenvalue weighted by Crippen LogP contribution is 2.30. The fraction of sp³-hybridized carbons (Fsp3) is 0.500. The largest absolute Gasteiger partial charge is 0.495 e. The normalized spacial score (nSPS) is 16.4. The second-order valence-corrected chi connectivity index (χ2v) is 7.83. The summed E-state index contributed by atoms with van der Waals surface area (Å²) in [5, 5.41) is 3.85. The lowest BCUT2D eigenvalue weighted by molar-refractivity contribution is 0.413. The molecule has 3 heteroatoms. The van der Waals surface area contributed by atoms with Crippen molar-refractivity contribution in [3.05, 3.63) is 54.1 Å². The summed E-state index contributed by atoms with van der Waals surface area (Å²) < 4.78 is 5.55. The molecule has 3 rings (SSSR count). The monoisotopic (exact) mass is 366 g/mol. The third kappa shape index (κ3) is 5.18. The number of para-hydroxylation sites is 3. The fourth-order valence-corrected chi connectivity index (χ4v) is 4.10. The predicted molar refractivity (Wildman–Crippen MR) is 116 cm³/mol. The molecule has 1 unspecified atom stereocenters. The number of rotatable bonds is 7. The highest BCUT2D eigenvalue weighted by molar-refractivity contribution is 5.59. The van der Waals surface area contributed by atoms with Gasteiger partial charge in [0.05, 0.1) is 12.8 Å². The van der Waals surface area contributed by atoms with Crippen molar-refractivity contribution < 1.29 is 4.74 Å². The highest BCUT2D eigenvalue weighted by Gasteiger charge is 2.17. The molecular formula is C24H34N2O. The van der Waals surface area contributed by atoms with Gasteiger partial charge in [0.1, 0.15) is 5.75 Å². The van der Waals surface area contributed by atoms with E-state index in [1.54, 1.807) is 7.11 Å². The van der Waals surface area contributed by atoms with Crippen LogP contribution in [0, 0.1) is 0 Å². The number of anilines is 2. The van der Waals surface area contributed by atoms with Crippen molar-refractivity contribution in [1.82, 2.24) is 0 Å². The Labute approximate surface area is 164 Å². The van der Waals surface area contributed by atoms with E-state index in [2.05, 4.69) is 60.6 Å². The number of likely N-dealkylation sites (N-methyl/N-ethyl adjacent to an activating group) is 1. The van der Waals surface area contributed by atoms with Gasteiger partial charge in [-0.15, -0.1) is 0 Å². The van der Waals surface area contributed by atoms with Gasteiger partial charge in [0.15, 0.2) is 0 Å². The number of nitrogens with one attached hydrogen (secondary N) is 1. The topological polar surface area (TPSA) is 24.5 Å². The first kappa shape index (κ1) is 19.6. The van der Waals surface area contributed by atoms with E-state index in [0.717, 1.165) is 17.9 Å². The molecule has 2 aromatic rings. The van der Waals surface area contributed by atoms with E-state index in [4.69, 9.17) is 4.74 Å². The molecule has 0 radical (unpaired) electrons. The highest BCUT2D eigenvalue weighted by atomic mass is 16.5. The lowest BCUT2D eigenvalue weighted by atomic mass is 10.0. The van der Waals surface area contributed by atoms with Gasteiger partial charge in [0, 0.05) is 24.8 Å². The summed E-state index contributed by atoms with van der Waals surface area (Å²) in [5.74, 6) is 0.928. The summed E-state index contributed by atoms with van der Waals surface area (Å²) >= 11 is 0. The molecule has 3 nitrogen and oxygen atoms in total. The van der Waals surface area contributed by atoms with Crippen LogP contribution in [0.15, 0.2) is 48.5 Å². The third-order valence-electron chi connectivity index (χ3n) is 5.87. The maximum Gasteiger partial charge on any atom is 0.142 e. The van der Waals surface area contributed by atoms with Crippen LogP contribution in [-0.4, -0.2) is 26.2 Å². The summed E-state index contributed by atoms with van der Waals surface area (Å²) in [6.45, 7) is 2.29. The zero-order valence-corrected chi connectivity index (χ0v) is 17.1. The standard InChI is InChI=1S/C24H34N2O/c1-19(26(2)23-16-10-11-17-24(23)27-3)18-20-12-8-9-15-22(20)25-21-13-6-4-5-7-14-21/h8-12,15-17,19,21,25H,4-7,13-14,18H2,1-3H3. The molecule has 1 N–H and O–H groups in total. The first-order valence-corrected chi connectivity index (χ1v) is 10.4. The average Bonchev–Trinajstić information content (AvgIpc) is 2.97. The number of benzene rings is 2. The maximum atomic E-state index is 5.55. The number of hydrogen-bond acceptors (Lipinski definition) is 3. The van der Waals surface area contributed by atoms with Crippen molar-refractivity contribution in [3.63, 3.8) is 0 Å². The van der Waals surface area contributed by atoms with Gasteiger partial charge >= 0.3 is 0 Å². The lowest BCUT2D eigenvalue weighted by Crippen LogP contribution is -2.31. The molecule has 1 fully saturated rings. The van der Waals surface area contributed by atoms with Crippen LogP contribution in [0.2, 0.25) is 0 Å². The minimum absolute atomic E-state index is 0.374. The zero-order valence-electron chi connectivity index (χ0n) is 17.1. The first-order valence-electron chi connectivity index (χ1n) is 10.4. The molecular weight excluding hydrogens is 332 g/mol. The van der Waals surface area contributed by atoms with Crippen LogP contribution in [0.5, 0.6) is 5.75 Å². The van der Waals surface area contributed by atoms with Crippen LogP contribution < -0.4 is 15.0 Å². The number of methoxy groups -OCH3 is 1. The van der Waals surface area contributed by atoms with E-state index < -0.39 is 0 Å². The molecule has 2 aromatic carbocycles. The van der Waals surface area contributed by atoms with Gasteiger partial charge in [-0.25, -0.2) is 0 Å². The minimum Gasteiger partial charge on any atom is -0.495 e. The van der Waals surface area contributed by atoms with Gasteiger partial charge in [-0.3, -0.25) is 0 Å². The molecule has 0 bridgehead atoms. The number of nitrogens with zero attached hydrogens (tertiary/aromatic N) is 1. The van der Waals surface area contributed by atoms with Crippen molar-refractivity contribution in [1.29, 1.82) is 0 Å². The Bertz CT molecular complexity index is 707. The van der Waals surface area contributed by atoms with E-state index >= 15 is 0 Å². The van der Waals surface area contributed by atoms with E-state index in [0.29, 0.717) is 12.1 Å². The van der Waals surface area contributed by atoms with Crippen molar-refractivity contribution in [3.8, 4) is 5.75 Å². The third-order valence-corrected chi connectivity index (χ3v) is 5.87. The van der Waals surface area contributed by atoms with Crippen LogP contribution in [0.25, 0.3) is 0 Å². The molecule has 1 aliphatic carbocycles. The Balaban J connectivity index is 1.71. The molecule has 0 amide bonds. The molecule has 27 heavy (non-hydrogen) atoms. The Morgan fingerprint density at radius 1 is 1.00 bits per heavy atom. The second kappa shape index (κ2) is 9.68. The maximum absolute atomic E-state index is 5.55. The van der Waals surface area contributed by atoms with Crippen LogP contribution in [-0.2, 0) is 6.42 Å². The van der Waals surface area contributed by atoms with Crippen LogP contribution in [0.3, 0.4) is 0 Å². The van der Waals surface area contributed by atoms with E-state index in [1.807, 2.05) is 12.1 Å². The molecule has 1 saturated carbocycles. The van der Waals surface area contributed by atoms with Gasteiger partial charge in [-0.05, 0) is 49.9 Å². The average molecular weight is 367 g/mol. The first-order chi connectivity index (χ1) is 13.2. The summed E-state index contributed by atoms with van der Waals surface area (Å²) in [4.78, 5) is 2.32. The lowest BCUT2D eigenvalue weighted by Gasteiger charge is -2.29. The zero-order chi connectivity index (χ0) is 19.1. The van der Waals surface area contributed by atoms with Gasteiger partial charge < -0.3 is 15.0 Å². The van der Waals surface area contributed by atoms with Crippen LogP contribution in [0.4, 0.5) is 11.4 Å². The Kier molecular flexibility index (Phi) is 7.03. The van der Waals surface area contributed by atoms with E-state index in [1.165, 1.54) is 49.8 Å². The fourth-order valence-electron chi connectivity index (χ4n) is 4.10. The smallest absolute Gasteiger partial charge is 0.142 e. The van der Waals surface area contributed by atoms with Crippen LogP contribution >= 0.6 is 0 Å². The molecule has 0 aliphatic heterocycles. The predicted octanol–water partition coefficient (Wildman–Crippen LogP) is 5.90.